The number of urea groups is 1. The molecule has 0 saturated carbocycles. The van der Waals surface area contributed by atoms with Gasteiger partial charge in [0.2, 0.25) is 5.95 Å². The van der Waals surface area contributed by atoms with Crippen molar-refractivity contribution in [2.24, 2.45) is 0 Å². The third kappa shape index (κ3) is 4.15. The van der Waals surface area contributed by atoms with E-state index < -0.39 is 0 Å². The highest BCUT2D eigenvalue weighted by Crippen LogP contribution is 2.28. The van der Waals surface area contributed by atoms with Crippen LogP contribution in [0.5, 0.6) is 0 Å². The van der Waals surface area contributed by atoms with Gasteiger partial charge in [-0.05, 0) is 43.2 Å². The lowest BCUT2D eigenvalue weighted by Crippen LogP contribution is -2.32. The lowest BCUT2D eigenvalue weighted by molar-refractivity contribution is 0.0845. The van der Waals surface area contributed by atoms with Crippen LogP contribution in [-0.4, -0.2) is 34.2 Å². The van der Waals surface area contributed by atoms with Crippen molar-refractivity contribution in [3.63, 3.8) is 0 Å². The van der Waals surface area contributed by atoms with Crippen LogP contribution in [0.2, 0.25) is 0 Å². The predicted molar refractivity (Wildman–Crippen MR) is 107 cm³/mol. The van der Waals surface area contributed by atoms with E-state index in [-0.39, 0.29) is 6.03 Å². The first-order valence-electron chi connectivity index (χ1n) is 9.28. The fourth-order valence-corrected chi connectivity index (χ4v) is 3.21. The molecule has 142 valence electrons. The third-order valence-electron chi connectivity index (χ3n) is 4.65. The molecule has 1 saturated heterocycles. The third-order valence-corrected chi connectivity index (χ3v) is 4.65. The number of para-hydroxylation sites is 1. The number of benzene rings is 1. The van der Waals surface area contributed by atoms with Gasteiger partial charge in [-0.15, -0.1) is 0 Å². The van der Waals surface area contributed by atoms with Crippen molar-refractivity contribution >= 4 is 23.4 Å². The van der Waals surface area contributed by atoms with Gasteiger partial charge in [0.15, 0.2) is 0 Å². The van der Waals surface area contributed by atoms with Crippen LogP contribution in [0.25, 0.3) is 0 Å². The number of pyridine rings is 1. The highest BCUT2D eigenvalue weighted by molar-refractivity contribution is 6.05. The quantitative estimate of drug-likeness (QED) is 0.741. The second-order valence-electron chi connectivity index (χ2n) is 6.51. The standard InChI is InChI=1S/C21H21N5O2/c27-21(24-17-6-11-22-12-7-17)26(18-4-2-1-3-5-18)20-23-13-8-19(25-20)16-9-14-28-15-10-16/h1-8,11-13,16H,9-10,14-15H2,(H,22,24,27). The van der Waals surface area contributed by atoms with E-state index in [0.29, 0.717) is 23.2 Å². The second-order valence-corrected chi connectivity index (χ2v) is 6.51. The number of ether oxygens (including phenoxy) is 1. The highest BCUT2D eigenvalue weighted by atomic mass is 16.5. The molecular formula is C21H21N5O2. The first kappa shape index (κ1) is 18.1. The fraction of sp³-hybridized carbons (Fsp3) is 0.238. The van der Waals surface area contributed by atoms with Crippen LogP contribution in [0.1, 0.15) is 24.5 Å². The number of carbonyl (C=O) groups is 1. The number of hydrogen-bond donors (Lipinski definition) is 1. The summed E-state index contributed by atoms with van der Waals surface area (Å²) < 4.78 is 5.45. The van der Waals surface area contributed by atoms with Crippen LogP contribution in [0.15, 0.2) is 67.1 Å². The van der Waals surface area contributed by atoms with Crippen molar-refractivity contribution < 1.29 is 9.53 Å². The zero-order chi connectivity index (χ0) is 19.2. The lowest BCUT2D eigenvalue weighted by atomic mass is 9.96. The van der Waals surface area contributed by atoms with Crippen LogP contribution in [-0.2, 0) is 4.74 Å². The van der Waals surface area contributed by atoms with E-state index in [1.807, 2.05) is 36.4 Å². The minimum Gasteiger partial charge on any atom is -0.381 e. The van der Waals surface area contributed by atoms with E-state index >= 15 is 0 Å². The van der Waals surface area contributed by atoms with Crippen molar-refractivity contribution in [2.75, 3.05) is 23.4 Å². The molecule has 3 aromatic rings. The van der Waals surface area contributed by atoms with Crippen molar-refractivity contribution in [3.8, 4) is 0 Å². The molecule has 1 fully saturated rings. The summed E-state index contributed by atoms with van der Waals surface area (Å²) in [7, 11) is 0. The van der Waals surface area contributed by atoms with Crippen LogP contribution < -0.4 is 10.2 Å². The monoisotopic (exact) mass is 375 g/mol. The van der Waals surface area contributed by atoms with Gasteiger partial charge >= 0.3 is 6.03 Å². The molecule has 2 amide bonds. The van der Waals surface area contributed by atoms with Crippen molar-refractivity contribution in [1.82, 2.24) is 15.0 Å². The Kier molecular flexibility index (Phi) is 5.53. The number of nitrogens with one attached hydrogen (secondary N) is 1. The van der Waals surface area contributed by atoms with Crippen LogP contribution >= 0.6 is 0 Å². The summed E-state index contributed by atoms with van der Waals surface area (Å²) in [6.07, 6.45) is 6.81. The summed E-state index contributed by atoms with van der Waals surface area (Å²) in [4.78, 5) is 27.7. The minimum atomic E-state index is -0.332. The molecule has 7 heteroatoms. The van der Waals surface area contributed by atoms with E-state index in [1.165, 1.54) is 4.90 Å². The molecule has 0 radical (unpaired) electrons. The summed E-state index contributed by atoms with van der Waals surface area (Å²) in [5.41, 5.74) is 2.28. The number of rotatable bonds is 4. The summed E-state index contributed by atoms with van der Waals surface area (Å²) in [6.45, 7) is 1.46. The van der Waals surface area contributed by atoms with Crippen molar-refractivity contribution in [1.29, 1.82) is 0 Å². The summed E-state index contributed by atoms with van der Waals surface area (Å²) >= 11 is 0. The number of aromatic nitrogens is 3. The van der Waals surface area contributed by atoms with Gasteiger partial charge in [0, 0.05) is 49.1 Å². The molecule has 1 aliphatic rings. The first-order valence-corrected chi connectivity index (χ1v) is 9.28. The minimum absolute atomic E-state index is 0.316. The molecule has 28 heavy (non-hydrogen) atoms. The van der Waals surface area contributed by atoms with E-state index in [1.54, 1.807) is 30.7 Å². The van der Waals surface area contributed by atoms with Gasteiger partial charge in [0.25, 0.3) is 0 Å². The summed E-state index contributed by atoms with van der Waals surface area (Å²) in [6, 6.07) is 14.4. The topological polar surface area (TPSA) is 80.2 Å². The van der Waals surface area contributed by atoms with Crippen LogP contribution in [0, 0.1) is 0 Å². The molecule has 1 aromatic carbocycles. The average Bonchev–Trinajstić information content (AvgIpc) is 2.76. The average molecular weight is 375 g/mol. The first-order chi connectivity index (χ1) is 13.8. The van der Waals surface area contributed by atoms with E-state index in [0.717, 1.165) is 31.7 Å². The molecule has 0 spiro atoms. The van der Waals surface area contributed by atoms with Crippen molar-refractivity contribution in [3.05, 3.63) is 72.8 Å². The number of carbonyl (C=O) groups excluding carboxylic acids is 1. The Morgan fingerprint density at radius 2 is 1.75 bits per heavy atom. The molecule has 7 nitrogen and oxygen atoms in total. The molecule has 2 aromatic heterocycles. The highest BCUT2D eigenvalue weighted by Gasteiger charge is 2.23. The smallest absolute Gasteiger partial charge is 0.333 e. The molecule has 0 unspecified atom stereocenters. The maximum Gasteiger partial charge on any atom is 0.333 e. The van der Waals surface area contributed by atoms with Gasteiger partial charge in [0.1, 0.15) is 0 Å². The number of anilines is 3. The van der Waals surface area contributed by atoms with Crippen LogP contribution in [0.3, 0.4) is 0 Å². The van der Waals surface area contributed by atoms with E-state index in [4.69, 9.17) is 9.72 Å². The Bertz CT molecular complexity index is 914. The Labute approximate surface area is 163 Å². The van der Waals surface area contributed by atoms with E-state index in [2.05, 4.69) is 15.3 Å². The van der Waals surface area contributed by atoms with Gasteiger partial charge in [-0.2, -0.15) is 0 Å². The zero-order valence-corrected chi connectivity index (χ0v) is 15.4. The lowest BCUT2D eigenvalue weighted by Gasteiger charge is -2.24. The van der Waals surface area contributed by atoms with E-state index in [9.17, 15) is 4.79 Å². The van der Waals surface area contributed by atoms with Gasteiger partial charge in [-0.3, -0.25) is 4.98 Å². The molecule has 0 aliphatic carbocycles. The molecule has 0 bridgehead atoms. The normalized spacial score (nSPS) is 14.4. The van der Waals surface area contributed by atoms with Gasteiger partial charge in [-0.1, -0.05) is 18.2 Å². The Morgan fingerprint density at radius 1 is 1.00 bits per heavy atom. The molecular weight excluding hydrogens is 354 g/mol. The summed E-state index contributed by atoms with van der Waals surface area (Å²) in [5, 5.41) is 2.88. The number of hydrogen-bond acceptors (Lipinski definition) is 5. The SMILES string of the molecule is O=C(Nc1ccncc1)N(c1ccccc1)c1nccc(C2CCOCC2)n1. The molecule has 1 aliphatic heterocycles. The largest absolute Gasteiger partial charge is 0.381 e. The number of amides is 2. The maximum atomic E-state index is 13.1. The van der Waals surface area contributed by atoms with Gasteiger partial charge < -0.3 is 10.1 Å². The number of nitrogens with zero attached hydrogens (tertiary/aromatic N) is 4. The van der Waals surface area contributed by atoms with Gasteiger partial charge in [0.05, 0.1) is 5.69 Å². The van der Waals surface area contributed by atoms with Crippen LogP contribution in [0.4, 0.5) is 22.1 Å². The molecule has 3 heterocycles. The maximum absolute atomic E-state index is 13.1. The van der Waals surface area contributed by atoms with Crippen molar-refractivity contribution in [2.45, 2.75) is 18.8 Å². The zero-order valence-electron chi connectivity index (χ0n) is 15.4. The Morgan fingerprint density at radius 3 is 2.50 bits per heavy atom. The molecule has 4 rings (SSSR count). The Balaban J connectivity index is 1.66. The van der Waals surface area contributed by atoms with Gasteiger partial charge in [-0.25, -0.2) is 19.7 Å². The Hall–Kier alpha value is -3.32. The molecule has 0 atom stereocenters. The summed E-state index contributed by atoms with van der Waals surface area (Å²) in [5.74, 6) is 0.665. The molecule has 1 N–H and O–H groups in total. The second kappa shape index (κ2) is 8.58. The predicted octanol–water partition coefficient (Wildman–Crippen LogP) is 4.14. The fourth-order valence-electron chi connectivity index (χ4n) is 3.21.